The molecule has 29 nitrogen and oxygen atoms in total. The summed E-state index contributed by atoms with van der Waals surface area (Å²) in [4.78, 5) is 51.2. The van der Waals surface area contributed by atoms with Crippen LogP contribution in [-0.4, -0.2) is 272 Å². The minimum absolute atomic E-state index is 0.110. The number of ether oxygens (including phenoxy) is 8. The summed E-state index contributed by atoms with van der Waals surface area (Å²) >= 11 is 0. The zero-order valence-electron chi connectivity index (χ0n) is 38.0. The van der Waals surface area contributed by atoms with Gasteiger partial charge < -0.3 is 126 Å². The maximum Gasteiger partial charge on any atom is 0.243 e. The first-order valence-corrected chi connectivity index (χ1v) is 22.7. The molecule has 69 heavy (non-hydrogen) atoms. The van der Waals surface area contributed by atoms with Crippen LogP contribution < -0.4 is 21.3 Å². The number of carbonyl (C=O) groups is 4. The van der Waals surface area contributed by atoms with Crippen LogP contribution in [0.15, 0.2) is 0 Å². The molecule has 21 atom stereocenters. The summed E-state index contributed by atoms with van der Waals surface area (Å²) in [6.07, 6.45) is -33.3. The zero-order chi connectivity index (χ0) is 51.1. The van der Waals surface area contributed by atoms with Gasteiger partial charge in [0.2, 0.25) is 23.6 Å². The van der Waals surface area contributed by atoms with Crippen LogP contribution in [0.3, 0.4) is 0 Å². The average molecular weight is 1010 g/mol. The first kappa shape index (κ1) is 58.6. The molecule has 17 N–H and O–H groups in total. The van der Waals surface area contributed by atoms with Gasteiger partial charge in [-0.1, -0.05) is 0 Å². The summed E-state index contributed by atoms with van der Waals surface area (Å²) in [5, 5.41) is 144. The van der Waals surface area contributed by atoms with E-state index in [2.05, 4.69) is 21.3 Å². The van der Waals surface area contributed by atoms with Crippen LogP contribution in [0.4, 0.5) is 0 Å². The molecule has 0 aliphatic carbocycles. The van der Waals surface area contributed by atoms with E-state index in [1.54, 1.807) is 6.92 Å². The van der Waals surface area contributed by atoms with Crippen molar-refractivity contribution in [2.75, 3.05) is 52.7 Å². The minimum atomic E-state index is -1.99. The Hall–Kier alpha value is -2.96. The van der Waals surface area contributed by atoms with Gasteiger partial charge in [0.25, 0.3) is 0 Å². The fourth-order valence-electron chi connectivity index (χ4n) is 7.65. The van der Waals surface area contributed by atoms with Crippen molar-refractivity contribution in [1.29, 1.82) is 0 Å². The maximum absolute atomic E-state index is 13.5. The predicted molar refractivity (Wildman–Crippen MR) is 223 cm³/mol. The second-order valence-electron chi connectivity index (χ2n) is 16.9. The first-order valence-electron chi connectivity index (χ1n) is 22.7. The molecule has 4 rings (SSSR count). The van der Waals surface area contributed by atoms with Gasteiger partial charge in [-0.2, -0.15) is 0 Å². The molecule has 4 amide bonds. The maximum atomic E-state index is 13.5. The number of nitrogens with one attached hydrogen (secondary N) is 4. The monoisotopic (exact) mass is 1010 g/mol. The number of carbonyl (C=O) groups excluding carboxylic acids is 4. The highest BCUT2D eigenvalue weighted by atomic mass is 16.8. The lowest BCUT2D eigenvalue weighted by Crippen LogP contribution is -2.65. The van der Waals surface area contributed by atoms with E-state index in [9.17, 15) is 85.6 Å². The van der Waals surface area contributed by atoms with Gasteiger partial charge in [-0.25, -0.2) is 0 Å². The molecule has 4 aliphatic heterocycles. The molecule has 0 aromatic rings. The normalized spacial score (nSPS) is 38.7. The van der Waals surface area contributed by atoms with Gasteiger partial charge in [0.15, 0.2) is 25.2 Å². The Labute approximate surface area is 395 Å². The molecule has 0 unspecified atom stereocenters. The third-order valence-corrected chi connectivity index (χ3v) is 11.7. The van der Waals surface area contributed by atoms with Crippen LogP contribution in [0.5, 0.6) is 0 Å². The Kier molecular flexibility index (Phi) is 24.1. The SMILES string of the molecule is CCNC(=O)CCCCC(=O)N[C@@H](CC(=O)NCCO[C@@H]1O[C@@H](C)[C@@H](O)[C@@H](O)[C@@H]1O)C(=O)NCCO[C@H]1O[C@H](CO[C@H]2O[C@H](CO)[C@@H](O)[C@H](O)[C@@H]2O)[C@@H](O)[C@H](O[C@H]2O[C@H](CO)[C@@H](O)[C@H](O)[C@@H]2O)[C@H]1O. The topological polar surface area (TPSA) is 453 Å². The van der Waals surface area contributed by atoms with E-state index in [1.165, 1.54) is 6.92 Å². The first-order chi connectivity index (χ1) is 32.7. The van der Waals surface area contributed by atoms with Crippen LogP contribution in [0, 0.1) is 0 Å². The van der Waals surface area contributed by atoms with Gasteiger partial charge in [-0.3, -0.25) is 19.2 Å². The van der Waals surface area contributed by atoms with Crippen LogP contribution >= 0.6 is 0 Å². The summed E-state index contributed by atoms with van der Waals surface area (Å²) in [6, 6.07) is -1.48. The molecule has 4 heterocycles. The molecule has 4 saturated heterocycles. The van der Waals surface area contributed by atoms with Gasteiger partial charge >= 0.3 is 0 Å². The molecule has 0 spiro atoms. The Balaban J connectivity index is 1.40. The Bertz CT molecular complexity index is 1590. The van der Waals surface area contributed by atoms with E-state index in [4.69, 9.17) is 37.9 Å². The van der Waals surface area contributed by atoms with Crippen molar-refractivity contribution in [3.8, 4) is 0 Å². The van der Waals surface area contributed by atoms with Gasteiger partial charge in [0, 0.05) is 32.5 Å². The van der Waals surface area contributed by atoms with Crippen molar-refractivity contribution < 1.29 is 123 Å². The van der Waals surface area contributed by atoms with E-state index >= 15 is 0 Å². The van der Waals surface area contributed by atoms with E-state index in [1.807, 2.05) is 0 Å². The summed E-state index contributed by atoms with van der Waals surface area (Å²) in [7, 11) is 0. The van der Waals surface area contributed by atoms with Gasteiger partial charge in [-0.05, 0) is 26.7 Å². The number of aliphatic hydroxyl groups excluding tert-OH is 13. The quantitative estimate of drug-likeness (QED) is 0.0378. The number of unbranched alkanes of at least 4 members (excludes halogenated alkanes) is 1. The molecule has 0 saturated carbocycles. The molecule has 400 valence electrons. The van der Waals surface area contributed by atoms with E-state index < -0.39 is 179 Å². The van der Waals surface area contributed by atoms with Crippen LogP contribution in [0.25, 0.3) is 0 Å². The fraction of sp³-hybridized carbons (Fsp3) is 0.900. The highest BCUT2D eigenvalue weighted by molar-refractivity contribution is 5.92. The summed E-state index contributed by atoms with van der Waals surface area (Å²) in [5.41, 5.74) is 0. The second kappa shape index (κ2) is 28.3. The van der Waals surface area contributed by atoms with Crippen molar-refractivity contribution in [2.45, 2.75) is 175 Å². The number of amides is 4. The summed E-state index contributed by atoms with van der Waals surface area (Å²) < 4.78 is 44.1. The van der Waals surface area contributed by atoms with Crippen molar-refractivity contribution in [3.63, 3.8) is 0 Å². The average Bonchev–Trinajstić information content (AvgIpc) is 3.32. The molecular formula is C40H70N4O25. The fourth-order valence-corrected chi connectivity index (χ4v) is 7.65. The molecule has 0 aromatic heterocycles. The van der Waals surface area contributed by atoms with Crippen molar-refractivity contribution in [3.05, 3.63) is 0 Å². The second-order valence-corrected chi connectivity index (χ2v) is 16.9. The van der Waals surface area contributed by atoms with Gasteiger partial charge in [0.1, 0.15) is 97.6 Å². The Morgan fingerprint density at radius 3 is 1.59 bits per heavy atom. The molecular weight excluding hydrogens is 936 g/mol. The van der Waals surface area contributed by atoms with Crippen LogP contribution in [-0.2, 0) is 57.1 Å². The summed E-state index contributed by atoms with van der Waals surface area (Å²) in [5.74, 6) is -2.45. The molecule has 29 heteroatoms. The van der Waals surface area contributed by atoms with Gasteiger partial charge in [0.05, 0.1) is 45.6 Å². The number of hydrogen-bond acceptors (Lipinski definition) is 25. The lowest BCUT2D eigenvalue weighted by atomic mass is 9.96. The number of aliphatic hydroxyl groups is 13. The standard InChI is InChI=1S/C40H70N4O25/c1-3-41-21(47)6-4-5-7-22(48)44-17(12-23(49)42-8-10-62-37-31(57)28(54)24(50)16(2)65-37)36(61)43-9-11-63-39-34(60)35(69-40-33(59)30(56)26(52)19(14-46)67-40)27(53)20(68-39)15-64-38-32(58)29(55)25(51)18(13-45)66-38/h16-20,24-35,37-40,45-46,50-60H,3-15H2,1-2H3,(H,41,47)(H,42,49)(H,43,61)(H,44,48)/t16-,17-,18+,19+,20+,24+,25+,26+,27+,28+,29-,30-,31-,32-,33-,34+,35-,37+,38-,39-,40+/m0/s1. The number of hydrogen-bond donors (Lipinski definition) is 17. The van der Waals surface area contributed by atoms with Crippen molar-refractivity contribution >= 4 is 23.6 Å². The van der Waals surface area contributed by atoms with Crippen LogP contribution in [0.1, 0.15) is 46.0 Å². The molecule has 4 aliphatic rings. The smallest absolute Gasteiger partial charge is 0.243 e. The zero-order valence-corrected chi connectivity index (χ0v) is 38.0. The van der Waals surface area contributed by atoms with E-state index in [-0.39, 0.29) is 44.9 Å². The lowest BCUT2D eigenvalue weighted by molar-refractivity contribution is -0.366. The highest BCUT2D eigenvalue weighted by Gasteiger charge is 2.52. The third-order valence-electron chi connectivity index (χ3n) is 11.7. The van der Waals surface area contributed by atoms with Crippen molar-refractivity contribution in [2.24, 2.45) is 0 Å². The van der Waals surface area contributed by atoms with Crippen LogP contribution in [0.2, 0.25) is 0 Å². The Morgan fingerprint density at radius 2 is 1.01 bits per heavy atom. The highest BCUT2D eigenvalue weighted by Crippen LogP contribution is 2.31. The predicted octanol–water partition coefficient (Wildman–Crippen LogP) is -9.90. The number of rotatable bonds is 25. The molecule has 0 radical (unpaired) electrons. The lowest BCUT2D eigenvalue weighted by Gasteiger charge is -2.46. The van der Waals surface area contributed by atoms with E-state index in [0.717, 1.165) is 0 Å². The largest absolute Gasteiger partial charge is 0.394 e. The minimum Gasteiger partial charge on any atom is -0.394 e. The van der Waals surface area contributed by atoms with E-state index in [0.29, 0.717) is 13.0 Å². The summed E-state index contributed by atoms with van der Waals surface area (Å²) in [6.45, 7) is -0.0108. The molecule has 0 bridgehead atoms. The molecule has 4 fully saturated rings. The van der Waals surface area contributed by atoms with Gasteiger partial charge in [-0.15, -0.1) is 0 Å². The molecule has 0 aromatic carbocycles. The van der Waals surface area contributed by atoms with Crippen molar-refractivity contribution in [1.82, 2.24) is 21.3 Å². The third kappa shape index (κ3) is 16.3. The Morgan fingerprint density at radius 1 is 0.522 bits per heavy atom.